The highest BCUT2D eigenvalue weighted by atomic mass is 16.5. The standard InChI is InChI=1S/C33H30N2O6/c1-21-6-4-5-7-25(21)20-41-26-11-8-23(9-12-26)31(36)29-30(24-10-13-27(39-2)28(18-24)40-3)35(33(38)32(29)37)19-22-14-16-34-17-15-22/h4-18,30,36H,19-20H2,1-3H3/b31-29+/t30-/m1/s1. The molecule has 0 aliphatic carbocycles. The smallest absolute Gasteiger partial charge is 0.295 e. The average molecular weight is 551 g/mol. The second-order valence-corrected chi connectivity index (χ2v) is 9.64. The fourth-order valence-electron chi connectivity index (χ4n) is 4.90. The predicted molar refractivity (Wildman–Crippen MR) is 154 cm³/mol. The molecule has 0 radical (unpaired) electrons. The number of benzene rings is 3. The van der Waals surface area contributed by atoms with Gasteiger partial charge in [-0.1, -0.05) is 30.3 Å². The van der Waals surface area contributed by atoms with E-state index in [-0.39, 0.29) is 17.9 Å². The summed E-state index contributed by atoms with van der Waals surface area (Å²) in [6.45, 7) is 2.57. The molecule has 0 saturated carbocycles. The quantitative estimate of drug-likeness (QED) is 0.164. The van der Waals surface area contributed by atoms with Gasteiger partial charge in [-0.3, -0.25) is 14.6 Å². The molecule has 0 unspecified atom stereocenters. The number of hydrogen-bond donors (Lipinski definition) is 1. The molecule has 3 aromatic carbocycles. The number of ketones is 1. The van der Waals surface area contributed by atoms with Crippen molar-refractivity contribution in [3.05, 3.63) is 125 Å². The van der Waals surface area contributed by atoms with Crippen molar-refractivity contribution in [3.8, 4) is 17.2 Å². The van der Waals surface area contributed by atoms with Crippen molar-refractivity contribution in [1.82, 2.24) is 9.88 Å². The summed E-state index contributed by atoms with van der Waals surface area (Å²) in [7, 11) is 3.04. The minimum atomic E-state index is -0.861. The Bertz CT molecular complexity index is 1600. The summed E-state index contributed by atoms with van der Waals surface area (Å²) in [6, 6.07) is 22.7. The number of methoxy groups -OCH3 is 2. The van der Waals surface area contributed by atoms with Crippen LogP contribution in [0.4, 0.5) is 0 Å². The maximum atomic E-state index is 13.4. The first-order valence-corrected chi connectivity index (χ1v) is 13.1. The second-order valence-electron chi connectivity index (χ2n) is 9.64. The van der Waals surface area contributed by atoms with Crippen LogP contribution in [0.1, 0.15) is 33.9 Å². The number of aliphatic hydroxyl groups is 1. The summed E-state index contributed by atoms with van der Waals surface area (Å²) in [4.78, 5) is 32.3. The third kappa shape index (κ3) is 5.63. The Labute approximate surface area is 238 Å². The van der Waals surface area contributed by atoms with E-state index in [0.717, 1.165) is 16.7 Å². The van der Waals surface area contributed by atoms with E-state index < -0.39 is 17.7 Å². The Morgan fingerprint density at radius 3 is 2.29 bits per heavy atom. The van der Waals surface area contributed by atoms with Gasteiger partial charge in [-0.15, -0.1) is 0 Å². The van der Waals surface area contributed by atoms with E-state index >= 15 is 0 Å². The van der Waals surface area contributed by atoms with Gasteiger partial charge in [0.25, 0.3) is 11.7 Å². The lowest BCUT2D eigenvalue weighted by Crippen LogP contribution is -2.29. The molecule has 208 valence electrons. The summed E-state index contributed by atoms with van der Waals surface area (Å²) in [5.41, 5.74) is 3.97. The summed E-state index contributed by atoms with van der Waals surface area (Å²) in [6.07, 6.45) is 3.25. The number of hydrogen-bond acceptors (Lipinski definition) is 7. The first kappa shape index (κ1) is 27.5. The van der Waals surface area contributed by atoms with Gasteiger partial charge in [-0.2, -0.15) is 0 Å². The first-order chi connectivity index (χ1) is 19.9. The van der Waals surface area contributed by atoms with Crippen molar-refractivity contribution in [3.63, 3.8) is 0 Å². The zero-order valence-corrected chi connectivity index (χ0v) is 23.0. The van der Waals surface area contributed by atoms with Crippen molar-refractivity contribution in [2.75, 3.05) is 14.2 Å². The van der Waals surface area contributed by atoms with Gasteiger partial charge in [0.15, 0.2) is 11.5 Å². The largest absolute Gasteiger partial charge is 0.507 e. The Balaban J connectivity index is 1.51. The van der Waals surface area contributed by atoms with E-state index in [1.165, 1.54) is 19.1 Å². The van der Waals surface area contributed by atoms with Crippen molar-refractivity contribution >= 4 is 17.4 Å². The number of ether oxygens (including phenoxy) is 3. The van der Waals surface area contributed by atoms with E-state index in [4.69, 9.17) is 14.2 Å². The van der Waals surface area contributed by atoms with Crippen molar-refractivity contribution in [1.29, 1.82) is 0 Å². The van der Waals surface area contributed by atoms with Gasteiger partial charge < -0.3 is 24.2 Å². The molecule has 4 aromatic rings. The van der Waals surface area contributed by atoms with E-state index in [1.807, 2.05) is 31.2 Å². The molecule has 41 heavy (non-hydrogen) atoms. The van der Waals surface area contributed by atoms with Crippen LogP contribution >= 0.6 is 0 Å². The lowest BCUT2D eigenvalue weighted by molar-refractivity contribution is -0.140. The van der Waals surface area contributed by atoms with Crippen LogP contribution in [0, 0.1) is 6.92 Å². The normalized spacial score (nSPS) is 16.1. The molecule has 8 heteroatoms. The Kier molecular flexibility index (Phi) is 8.01. The van der Waals surface area contributed by atoms with Gasteiger partial charge in [-0.25, -0.2) is 0 Å². The lowest BCUT2D eigenvalue weighted by Gasteiger charge is -2.26. The van der Waals surface area contributed by atoms with Crippen LogP contribution in [0.15, 0.2) is 96.8 Å². The molecule has 2 heterocycles. The molecule has 8 nitrogen and oxygen atoms in total. The number of aromatic nitrogens is 1. The highest BCUT2D eigenvalue weighted by Crippen LogP contribution is 2.42. The summed E-state index contributed by atoms with van der Waals surface area (Å²) >= 11 is 0. The molecule has 1 aromatic heterocycles. The molecule has 1 aliphatic heterocycles. The number of carbonyl (C=O) groups is 2. The number of carbonyl (C=O) groups excluding carboxylic acids is 2. The van der Waals surface area contributed by atoms with Gasteiger partial charge in [-0.05, 0) is 77.7 Å². The van der Waals surface area contributed by atoms with Gasteiger partial charge in [0.2, 0.25) is 0 Å². The van der Waals surface area contributed by atoms with E-state index in [1.54, 1.807) is 67.0 Å². The van der Waals surface area contributed by atoms with Gasteiger partial charge >= 0.3 is 0 Å². The molecular weight excluding hydrogens is 520 g/mol. The van der Waals surface area contributed by atoms with E-state index in [9.17, 15) is 14.7 Å². The SMILES string of the molecule is COc1ccc([C@@H]2/C(=C(\O)c3ccc(OCc4ccccc4C)cc3)C(=O)C(=O)N2Cc2ccncc2)cc1OC. The monoisotopic (exact) mass is 550 g/mol. The summed E-state index contributed by atoms with van der Waals surface area (Å²) < 4.78 is 16.8. The summed E-state index contributed by atoms with van der Waals surface area (Å²) in [5, 5.41) is 11.5. The van der Waals surface area contributed by atoms with Crippen LogP contribution in [0.2, 0.25) is 0 Å². The fourth-order valence-corrected chi connectivity index (χ4v) is 4.90. The van der Waals surface area contributed by atoms with Crippen molar-refractivity contribution < 1.29 is 28.9 Å². The molecule has 1 aliphatic rings. The highest BCUT2D eigenvalue weighted by molar-refractivity contribution is 6.46. The van der Waals surface area contributed by atoms with E-state index in [0.29, 0.717) is 35.0 Å². The minimum absolute atomic E-state index is 0.00939. The molecule has 1 amide bonds. The molecule has 1 N–H and O–H groups in total. The average Bonchev–Trinajstić information content (AvgIpc) is 3.25. The van der Waals surface area contributed by atoms with Crippen molar-refractivity contribution in [2.24, 2.45) is 0 Å². The zero-order valence-electron chi connectivity index (χ0n) is 23.0. The number of amides is 1. The molecule has 0 spiro atoms. The molecule has 1 saturated heterocycles. The Hall–Kier alpha value is -5.11. The van der Waals surface area contributed by atoms with Gasteiger partial charge in [0, 0.05) is 24.5 Å². The molecule has 0 bridgehead atoms. The summed E-state index contributed by atoms with van der Waals surface area (Å²) in [5.74, 6) is -0.193. The number of Topliss-reactive ketones (excluding diaryl/α,β-unsaturated/α-hetero) is 1. The van der Waals surface area contributed by atoms with Crippen LogP contribution in [0.5, 0.6) is 17.2 Å². The third-order valence-electron chi connectivity index (χ3n) is 7.15. The minimum Gasteiger partial charge on any atom is -0.507 e. The second kappa shape index (κ2) is 12.0. The van der Waals surface area contributed by atoms with Gasteiger partial charge in [0.1, 0.15) is 18.1 Å². The molecule has 1 fully saturated rings. The number of nitrogens with zero attached hydrogens (tertiary/aromatic N) is 2. The Morgan fingerprint density at radius 1 is 0.902 bits per heavy atom. The molecule has 5 rings (SSSR count). The third-order valence-corrected chi connectivity index (χ3v) is 7.15. The van der Waals surface area contributed by atoms with E-state index in [2.05, 4.69) is 4.98 Å². The van der Waals surface area contributed by atoms with Crippen LogP contribution < -0.4 is 14.2 Å². The topological polar surface area (TPSA) is 98.2 Å². The number of rotatable bonds is 9. The lowest BCUT2D eigenvalue weighted by atomic mass is 9.94. The predicted octanol–water partition coefficient (Wildman–Crippen LogP) is 5.61. The molecule has 1 atom stereocenters. The number of pyridine rings is 1. The van der Waals surface area contributed by atoms with Crippen molar-refractivity contribution in [2.45, 2.75) is 26.1 Å². The maximum Gasteiger partial charge on any atom is 0.295 e. The van der Waals surface area contributed by atoms with Crippen LogP contribution in [-0.4, -0.2) is 40.9 Å². The zero-order chi connectivity index (χ0) is 28.9. The fraction of sp³-hybridized carbons (Fsp3) is 0.182. The molecular formula is C33H30N2O6. The van der Waals surface area contributed by atoms with Crippen LogP contribution in [0.3, 0.4) is 0 Å². The Morgan fingerprint density at radius 2 is 1.61 bits per heavy atom. The number of aliphatic hydroxyl groups excluding tert-OH is 1. The number of likely N-dealkylation sites (tertiary alicyclic amines) is 1. The number of aryl methyl sites for hydroxylation is 1. The van der Waals surface area contributed by atoms with Crippen LogP contribution in [0.25, 0.3) is 5.76 Å². The highest BCUT2D eigenvalue weighted by Gasteiger charge is 2.46. The van der Waals surface area contributed by atoms with Gasteiger partial charge in [0.05, 0.1) is 25.8 Å². The van der Waals surface area contributed by atoms with Crippen LogP contribution in [-0.2, 0) is 22.7 Å². The maximum absolute atomic E-state index is 13.4. The first-order valence-electron chi connectivity index (χ1n) is 13.1.